The summed E-state index contributed by atoms with van der Waals surface area (Å²) < 4.78 is 0. The lowest BCUT2D eigenvalue weighted by Crippen LogP contribution is -2.26. The molecule has 0 unspecified atom stereocenters. The molecule has 1 N–H and O–H groups in total. The van der Waals surface area contributed by atoms with Crippen molar-refractivity contribution in [2.75, 3.05) is 18.0 Å². The first kappa shape index (κ1) is 12.4. The van der Waals surface area contributed by atoms with Crippen LogP contribution in [0.3, 0.4) is 0 Å². The lowest BCUT2D eigenvalue weighted by atomic mass is 10.3. The Morgan fingerprint density at radius 1 is 1.37 bits per heavy atom. The summed E-state index contributed by atoms with van der Waals surface area (Å²) in [6, 6.07) is 1.95. The Labute approximate surface area is 113 Å². The number of hydrogen-bond acceptors (Lipinski definition) is 4. The highest BCUT2D eigenvalue weighted by Crippen LogP contribution is 2.28. The standard InChI is InChI=1S/C14H20N4O/c1-10-8-12(9-15-13(19)11-4-5-11)17-14(16-10)18-6-2-3-7-18/h8,11H,2-7,9H2,1H3,(H,15,19). The minimum absolute atomic E-state index is 0.166. The van der Waals surface area contributed by atoms with Crippen LogP contribution in [0.15, 0.2) is 6.07 Å². The highest BCUT2D eigenvalue weighted by molar-refractivity contribution is 5.80. The van der Waals surface area contributed by atoms with Gasteiger partial charge in [0.05, 0.1) is 12.2 Å². The van der Waals surface area contributed by atoms with Crippen molar-refractivity contribution < 1.29 is 4.79 Å². The maximum absolute atomic E-state index is 11.6. The predicted molar refractivity (Wildman–Crippen MR) is 72.8 cm³/mol. The molecular formula is C14H20N4O. The van der Waals surface area contributed by atoms with Gasteiger partial charge in [-0.05, 0) is 38.7 Å². The number of aromatic nitrogens is 2. The predicted octanol–water partition coefficient (Wildman–Crippen LogP) is 1.41. The molecule has 5 nitrogen and oxygen atoms in total. The van der Waals surface area contributed by atoms with Crippen LogP contribution in [-0.4, -0.2) is 29.0 Å². The molecule has 0 atom stereocenters. The number of aryl methyl sites for hydroxylation is 1. The molecule has 1 amide bonds. The molecule has 1 aliphatic heterocycles. The molecule has 1 saturated heterocycles. The first-order valence-corrected chi connectivity index (χ1v) is 7.09. The number of amides is 1. The summed E-state index contributed by atoms with van der Waals surface area (Å²) in [5.41, 5.74) is 1.87. The van der Waals surface area contributed by atoms with Gasteiger partial charge < -0.3 is 10.2 Å². The van der Waals surface area contributed by atoms with Crippen molar-refractivity contribution in [2.24, 2.45) is 5.92 Å². The molecule has 1 aromatic heterocycles. The second-order valence-corrected chi connectivity index (χ2v) is 5.49. The number of anilines is 1. The molecule has 0 spiro atoms. The molecule has 1 aromatic rings. The molecule has 2 heterocycles. The maximum atomic E-state index is 11.6. The average Bonchev–Trinajstić information content (AvgIpc) is 3.10. The van der Waals surface area contributed by atoms with Crippen LogP contribution in [-0.2, 0) is 11.3 Å². The lowest BCUT2D eigenvalue weighted by Gasteiger charge is -2.16. The van der Waals surface area contributed by atoms with E-state index in [2.05, 4.69) is 20.2 Å². The first-order chi connectivity index (χ1) is 9.22. The summed E-state index contributed by atoms with van der Waals surface area (Å²) in [4.78, 5) is 22.9. The number of nitrogens with one attached hydrogen (secondary N) is 1. The minimum atomic E-state index is 0.166. The van der Waals surface area contributed by atoms with Gasteiger partial charge in [-0.1, -0.05) is 0 Å². The van der Waals surface area contributed by atoms with Crippen molar-refractivity contribution in [2.45, 2.75) is 39.2 Å². The van der Waals surface area contributed by atoms with Crippen molar-refractivity contribution in [3.05, 3.63) is 17.5 Å². The summed E-state index contributed by atoms with van der Waals surface area (Å²) in [5, 5.41) is 2.96. The lowest BCUT2D eigenvalue weighted by molar-refractivity contribution is -0.122. The Morgan fingerprint density at radius 3 is 2.79 bits per heavy atom. The van der Waals surface area contributed by atoms with Crippen molar-refractivity contribution in [3.8, 4) is 0 Å². The van der Waals surface area contributed by atoms with Crippen molar-refractivity contribution in [1.29, 1.82) is 0 Å². The third kappa shape index (κ3) is 3.03. The number of carbonyl (C=O) groups excluding carboxylic acids is 1. The second kappa shape index (κ2) is 5.15. The van der Waals surface area contributed by atoms with Crippen molar-refractivity contribution in [1.82, 2.24) is 15.3 Å². The normalized spacial score (nSPS) is 18.7. The Morgan fingerprint density at radius 2 is 2.11 bits per heavy atom. The van der Waals surface area contributed by atoms with Gasteiger partial charge in [0, 0.05) is 24.7 Å². The zero-order valence-electron chi connectivity index (χ0n) is 11.4. The fourth-order valence-electron chi connectivity index (χ4n) is 2.43. The zero-order chi connectivity index (χ0) is 13.2. The summed E-state index contributed by atoms with van der Waals surface area (Å²) >= 11 is 0. The highest BCUT2D eigenvalue weighted by atomic mass is 16.2. The summed E-state index contributed by atoms with van der Waals surface area (Å²) in [5.74, 6) is 1.23. The molecule has 1 saturated carbocycles. The fraction of sp³-hybridized carbons (Fsp3) is 0.643. The van der Waals surface area contributed by atoms with E-state index in [1.807, 2.05) is 13.0 Å². The Hall–Kier alpha value is -1.65. The summed E-state index contributed by atoms with van der Waals surface area (Å²) in [7, 11) is 0. The summed E-state index contributed by atoms with van der Waals surface area (Å²) in [6.07, 6.45) is 4.50. The van der Waals surface area contributed by atoms with Crippen LogP contribution in [0, 0.1) is 12.8 Å². The molecule has 0 aromatic carbocycles. The Kier molecular flexibility index (Phi) is 3.36. The van der Waals surface area contributed by atoms with Crippen LogP contribution < -0.4 is 10.2 Å². The van der Waals surface area contributed by atoms with E-state index in [0.717, 1.165) is 43.3 Å². The van der Waals surface area contributed by atoms with E-state index < -0.39 is 0 Å². The highest BCUT2D eigenvalue weighted by Gasteiger charge is 2.29. The zero-order valence-corrected chi connectivity index (χ0v) is 11.4. The van der Waals surface area contributed by atoms with Gasteiger partial charge in [0.1, 0.15) is 0 Å². The number of carbonyl (C=O) groups is 1. The van der Waals surface area contributed by atoms with Gasteiger partial charge in [0.15, 0.2) is 0 Å². The van der Waals surface area contributed by atoms with E-state index in [1.165, 1.54) is 12.8 Å². The molecule has 1 aliphatic carbocycles. The molecule has 3 rings (SSSR count). The van der Waals surface area contributed by atoms with Gasteiger partial charge in [0.25, 0.3) is 0 Å². The van der Waals surface area contributed by atoms with Crippen molar-refractivity contribution in [3.63, 3.8) is 0 Å². The SMILES string of the molecule is Cc1cc(CNC(=O)C2CC2)nc(N2CCCC2)n1. The van der Waals surface area contributed by atoms with E-state index in [0.29, 0.717) is 6.54 Å². The van der Waals surface area contributed by atoms with Gasteiger partial charge in [-0.25, -0.2) is 9.97 Å². The molecule has 2 fully saturated rings. The summed E-state index contributed by atoms with van der Waals surface area (Å²) in [6.45, 7) is 4.57. The van der Waals surface area contributed by atoms with Crippen LogP contribution in [0.2, 0.25) is 0 Å². The molecule has 0 radical (unpaired) electrons. The number of rotatable bonds is 4. The van der Waals surface area contributed by atoms with Crippen LogP contribution in [0.5, 0.6) is 0 Å². The smallest absolute Gasteiger partial charge is 0.225 e. The van der Waals surface area contributed by atoms with Crippen LogP contribution >= 0.6 is 0 Å². The average molecular weight is 260 g/mol. The van der Waals surface area contributed by atoms with Crippen molar-refractivity contribution >= 4 is 11.9 Å². The minimum Gasteiger partial charge on any atom is -0.350 e. The number of hydrogen-bond donors (Lipinski definition) is 1. The quantitative estimate of drug-likeness (QED) is 0.889. The molecule has 5 heteroatoms. The van der Waals surface area contributed by atoms with E-state index >= 15 is 0 Å². The third-order valence-corrected chi connectivity index (χ3v) is 3.68. The first-order valence-electron chi connectivity index (χ1n) is 7.09. The van der Waals surface area contributed by atoms with Crippen LogP contribution in [0.4, 0.5) is 5.95 Å². The van der Waals surface area contributed by atoms with Gasteiger partial charge in [0.2, 0.25) is 11.9 Å². The second-order valence-electron chi connectivity index (χ2n) is 5.49. The van der Waals surface area contributed by atoms with Crippen LogP contribution in [0.25, 0.3) is 0 Å². The van der Waals surface area contributed by atoms with Crippen LogP contribution in [0.1, 0.15) is 37.1 Å². The third-order valence-electron chi connectivity index (χ3n) is 3.68. The molecule has 0 bridgehead atoms. The number of nitrogens with zero attached hydrogens (tertiary/aromatic N) is 3. The van der Waals surface area contributed by atoms with Gasteiger partial charge >= 0.3 is 0 Å². The van der Waals surface area contributed by atoms with Gasteiger partial charge in [-0.2, -0.15) is 0 Å². The molecular weight excluding hydrogens is 240 g/mol. The van der Waals surface area contributed by atoms with E-state index in [9.17, 15) is 4.79 Å². The largest absolute Gasteiger partial charge is 0.350 e. The Balaban J connectivity index is 1.67. The Bertz CT molecular complexity index is 478. The van der Waals surface area contributed by atoms with E-state index in [-0.39, 0.29) is 11.8 Å². The molecule has 102 valence electrons. The molecule has 2 aliphatic rings. The topological polar surface area (TPSA) is 58.1 Å². The van der Waals surface area contributed by atoms with E-state index in [4.69, 9.17) is 0 Å². The van der Waals surface area contributed by atoms with Gasteiger partial charge in [-0.3, -0.25) is 4.79 Å². The fourth-order valence-corrected chi connectivity index (χ4v) is 2.43. The molecule has 19 heavy (non-hydrogen) atoms. The maximum Gasteiger partial charge on any atom is 0.225 e. The monoisotopic (exact) mass is 260 g/mol. The van der Waals surface area contributed by atoms with Gasteiger partial charge in [-0.15, -0.1) is 0 Å². The van der Waals surface area contributed by atoms with E-state index in [1.54, 1.807) is 0 Å².